The maximum Gasteiger partial charge on any atom is 0.0597 e. The maximum absolute atomic E-state index is 8.94. The van der Waals surface area contributed by atoms with Crippen molar-refractivity contribution in [3.63, 3.8) is 0 Å². The van der Waals surface area contributed by atoms with Gasteiger partial charge in [-0.2, -0.15) is 5.48 Å². The second-order valence-electron chi connectivity index (χ2n) is 3.35. The highest BCUT2D eigenvalue weighted by Crippen LogP contribution is 2.40. The first kappa shape index (κ1) is 7.77. The first-order chi connectivity index (χ1) is 5.92. The molecule has 0 aromatic heterocycles. The van der Waals surface area contributed by atoms with Crippen LogP contribution in [0.3, 0.4) is 0 Å². The quantitative estimate of drug-likeness (QED) is 0.669. The van der Waals surface area contributed by atoms with Gasteiger partial charge in [0.05, 0.1) is 6.04 Å². The van der Waals surface area contributed by atoms with Gasteiger partial charge in [-0.3, -0.25) is 0 Å². The summed E-state index contributed by atoms with van der Waals surface area (Å²) in [6.07, 6.45) is 2.46. The zero-order valence-electron chi connectivity index (χ0n) is 6.90. The predicted molar refractivity (Wildman–Crippen MR) is 46.8 cm³/mol. The Balaban J connectivity index is 2.15. The molecule has 0 saturated heterocycles. The van der Waals surface area contributed by atoms with Gasteiger partial charge in [-0.15, -0.1) is 0 Å². The molecule has 2 N–H and O–H groups in total. The predicted octanol–water partition coefficient (Wildman–Crippen LogP) is 2.12. The van der Waals surface area contributed by atoms with Crippen molar-refractivity contribution in [2.24, 2.45) is 5.92 Å². The van der Waals surface area contributed by atoms with E-state index in [1.54, 1.807) is 0 Å². The second kappa shape index (κ2) is 3.25. The van der Waals surface area contributed by atoms with Crippen molar-refractivity contribution >= 4 is 0 Å². The van der Waals surface area contributed by atoms with E-state index < -0.39 is 0 Å². The van der Waals surface area contributed by atoms with Gasteiger partial charge in [0.2, 0.25) is 0 Å². The van der Waals surface area contributed by atoms with Crippen molar-refractivity contribution in [3.8, 4) is 0 Å². The van der Waals surface area contributed by atoms with Crippen LogP contribution in [0.1, 0.15) is 24.4 Å². The molecule has 0 heterocycles. The van der Waals surface area contributed by atoms with Crippen molar-refractivity contribution in [2.75, 3.05) is 0 Å². The molecule has 0 spiro atoms. The summed E-state index contributed by atoms with van der Waals surface area (Å²) in [5, 5.41) is 8.94. The van der Waals surface area contributed by atoms with Gasteiger partial charge in [0, 0.05) is 0 Å². The topological polar surface area (TPSA) is 32.3 Å². The Morgan fingerprint density at radius 3 is 2.42 bits per heavy atom. The summed E-state index contributed by atoms with van der Waals surface area (Å²) in [6, 6.07) is 10.2. The molecule has 1 aliphatic carbocycles. The number of hydrogen-bond acceptors (Lipinski definition) is 2. The van der Waals surface area contributed by atoms with E-state index in [9.17, 15) is 0 Å². The summed E-state index contributed by atoms with van der Waals surface area (Å²) in [5.41, 5.74) is 3.56. The van der Waals surface area contributed by atoms with E-state index in [4.69, 9.17) is 5.21 Å². The Morgan fingerprint density at radius 1 is 1.25 bits per heavy atom. The van der Waals surface area contributed by atoms with Crippen molar-refractivity contribution in [3.05, 3.63) is 35.9 Å². The molecule has 1 aliphatic rings. The smallest absolute Gasteiger partial charge is 0.0597 e. The summed E-state index contributed by atoms with van der Waals surface area (Å²) in [5.74, 6) is 0.636. The monoisotopic (exact) mass is 163 g/mol. The minimum Gasteiger partial charge on any atom is -0.316 e. The van der Waals surface area contributed by atoms with E-state index in [1.165, 1.54) is 18.4 Å². The average molecular weight is 163 g/mol. The number of hydrogen-bond donors (Lipinski definition) is 2. The molecule has 2 rings (SSSR count). The van der Waals surface area contributed by atoms with Gasteiger partial charge in [0.1, 0.15) is 0 Å². The molecule has 1 aromatic carbocycles. The lowest BCUT2D eigenvalue weighted by atomic mass is 10.0. The van der Waals surface area contributed by atoms with Crippen molar-refractivity contribution in [1.29, 1.82) is 0 Å². The molecule has 0 unspecified atom stereocenters. The van der Waals surface area contributed by atoms with Gasteiger partial charge in [0.15, 0.2) is 0 Å². The fourth-order valence-corrected chi connectivity index (χ4v) is 1.54. The molecule has 2 nitrogen and oxygen atoms in total. The fourth-order valence-electron chi connectivity index (χ4n) is 1.54. The molecule has 1 saturated carbocycles. The molecule has 0 radical (unpaired) electrons. The summed E-state index contributed by atoms with van der Waals surface area (Å²) >= 11 is 0. The number of hydroxylamine groups is 1. The number of nitrogens with one attached hydrogen (secondary N) is 1. The van der Waals surface area contributed by atoms with Crippen LogP contribution in [-0.4, -0.2) is 5.21 Å². The Morgan fingerprint density at radius 2 is 1.92 bits per heavy atom. The van der Waals surface area contributed by atoms with E-state index in [0.717, 1.165) is 0 Å². The van der Waals surface area contributed by atoms with E-state index in [1.807, 2.05) is 30.3 Å². The van der Waals surface area contributed by atoms with E-state index in [2.05, 4.69) is 5.48 Å². The summed E-state index contributed by atoms with van der Waals surface area (Å²) in [6.45, 7) is 0. The van der Waals surface area contributed by atoms with Gasteiger partial charge < -0.3 is 5.21 Å². The zero-order valence-corrected chi connectivity index (χ0v) is 6.90. The molecule has 12 heavy (non-hydrogen) atoms. The molecular formula is C10H13NO. The van der Waals surface area contributed by atoms with Crippen molar-refractivity contribution < 1.29 is 5.21 Å². The van der Waals surface area contributed by atoms with Crippen molar-refractivity contribution in [2.45, 2.75) is 18.9 Å². The fraction of sp³-hybridized carbons (Fsp3) is 0.400. The normalized spacial score (nSPS) is 19.1. The molecule has 0 aliphatic heterocycles. The van der Waals surface area contributed by atoms with Crippen LogP contribution in [0.5, 0.6) is 0 Å². The SMILES string of the molecule is ON[C@H](c1ccccc1)C1CC1. The lowest BCUT2D eigenvalue weighted by Crippen LogP contribution is -2.18. The van der Waals surface area contributed by atoms with Gasteiger partial charge >= 0.3 is 0 Å². The molecule has 1 atom stereocenters. The Kier molecular flexibility index (Phi) is 2.11. The minimum absolute atomic E-state index is 0.145. The summed E-state index contributed by atoms with van der Waals surface area (Å²) in [7, 11) is 0. The van der Waals surface area contributed by atoms with Crippen LogP contribution in [0.4, 0.5) is 0 Å². The van der Waals surface area contributed by atoms with Crippen LogP contribution in [0.15, 0.2) is 30.3 Å². The van der Waals surface area contributed by atoms with Gasteiger partial charge in [-0.1, -0.05) is 30.3 Å². The summed E-state index contributed by atoms with van der Waals surface area (Å²) < 4.78 is 0. The lowest BCUT2D eigenvalue weighted by Gasteiger charge is -2.13. The van der Waals surface area contributed by atoms with Gasteiger partial charge in [0.25, 0.3) is 0 Å². The number of benzene rings is 1. The third-order valence-electron chi connectivity index (χ3n) is 2.39. The first-order valence-electron chi connectivity index (χ1n) is 4.36. The largest absolute Gasteiger partial charge is 0.316 e. The van der Waals surface area contributed by atoms with Crippen LogP contribution in [0, 0.1) is 5.92 Å². The Bertz CT molecular complexity index is 243. The third-order valence-corrected chi connectivity index (χ3v) is 2.39. The van der Waals surface area contributed by atoms with E-state index in [0.29, 0.717) is 5.92 Å². The molecule has 0 amide bonds. The second-order valence-corrected chi connectivity index (χ2v) is 3.35. The molecule has 0 bridgehead atoms. The van der Waals surface area contributed by atoms with Gasteiger partial charge in [-0.05, 0) is 24.3 Å². The van der Waals surface area contributed by atoms with Crippen molar-refractivity contribution in [1.82, 2.24) is 5.48 Å². The summed E-state index contributed by atoms with van der Waals surface area (Å²) in [4.78, 5) is 0. The third kappa shape index (κ3) is 1.49. The van der Waals surface area contributed by atoms with Crippen LogP contribution in [0.25, 0.3) is 0 Å². The zero-order chi connectivity index (χ0) is 8.39. The maximum atomic E-state index is 8.94. The van der Waals surface area contributed by atoms with Crippen LogP contribution in [0.2, 0.25) is 0 Å². The Hall–Kier alpha value is -0.860. The molecular weight excluding hydrogens is 150 g/mol. The van der Waals surface area contributed by atoms with Crippen LogP contribution in [-0.2, 0) is 0 Å². The highest BCUT2D eigenvalue weighted by molar-refractivity contribution is 5.20. The standard InChI is InChI=1S/C10H13NO/c12-11-10(9-6-7-9)8-4-2-1-3-5-8/h1-5,9-12H,6-7H2/t10-/m1/s1. The first-order valence-corrected chi connectivity index (χ1v) is 4.36. The molecule has 1 aromatic rings. The number of rotatable bonds is 3. The highest BCUT2D eigenvalue weighted by Gasteiger charge is 2.31. The van der Waals surface area contributed by atoms with Crippen LogP contribution < -0.4 is 5.48 Å². The molecule has 1 fully saturated rings. The minimum atomic E-state index is 0.145. The molecule has 2 heteroatoms. The average Bonchev–Trinajstić information content (AvgIpc) is 2.92. The van der Waals surface area contributed by atoms with E-state index >= 15 is 0 Å². The highest BCUT2D eigenvalue weighted by atomic mass is 16.5. The van der Waals surface area contributed by atoms with Gasteiger partial charge in [-0.25, -0.2) is 0 Å². The van der Waals surface area contributed by atoms with Crippen LogP contribution >= 0.6 is 0 Å². The Labute approximate surface area is 72.2 Å². The lowest BCUT2D eigenvalue weighted by molar-refractivity contribution is 0.116. The molecule has 64 valence electrons. The van der Waals surface area contributed by atoms with E-state index in [-0.39, 0.29) is 6.04 Å².